The molecule has 0 radical (unpaired) electrons. The van der Waals surface area contributed by atoms with Crippen molar-refractivity contribution in [1.29, 1.82) is 0 Å². The Morgan fingerprint density at radius 2 is 2.42 bits per heavy atom. The fourth-order valence-electron chi connectivity index (χ4n) is 2.26. The van der Waals surface area contributed by atoms with Crippen LogP contribution in [0.2, 0.25) is 0 Å². The first-order chi connectivity index (χ1) is 9.13. The average molecular weight is 267 g/mol. The van der Waals surface area contributed by atoms with Crippen LogP contribution in [-0.2, 0) is 0 Å². The van der Waals surface area contributed by atoms with Crippen molar-refractivity contribution in [1.82, 2.24) is 14.9 Å². The largest absolute Gasteiger partial charge is 0.476 e. The molecule has 0 saturated carbocycles. The minimum absolute atomic E-state index is 0.0257. The third-order valence-electron chi connectivity index (χ3n) is 3.34. The predicted octanol–water partition coefficient (Wildman–Crippen LogP) is 0.899. The van der Waals surface area contributed by atoms with Gasteiger partial charge in [0, 0.05) is 12.6 Å². The Balaban J connectivity index is 2.13. The van der Waals surface area contributed by atoms with Gasteiger partial charge in [-0.3, -0.25) is 10.1 Å². The van der Waals surface area contributed by atoms with E-state index in [-0.39, 0.29) is 17.4 Å². The van der Waals surface area contributed by atoms with E-state index < -0.39 is 4.92 Å². The number of nitrogens with zero attached hydrogens (tertiary/aromatic N) is 4. The van der Waals surface area contributed by atoms with Crippen LogP contribution in [0.4, 0.5) is 11.5 Å². The average Bonchev–Trinajstić information content (AvgIpc) is 2.81. The van der Waals surface area contributed by atoms with Gasteiger partial charge in [0.15, 0.2) is 0 Å². The van der Waals surface area contributed by atoms with Gasteiger partial charge in [-0.2, -0.15) is 4.98 Å². The number of hydrogen-bond acceptors (Lipinski definition) is 7. The zero-order chi connectivity index (χ0) is 13.8. The molecule has 2 rings (SSSR count). The summed E-state index contributed by atoms with van der Waals surface area (Å²) in [5.41, 5.74) is -0.217. The van der Waals surface area contributed by atoms with Crippen molar-refractivity contribution in [3.63, 3.8) is 0 Å². The number of hydrogen-bond donors (Lipinski definition) is 1. The van der Waals surface area contributed by atoms with Crippen LogP contribution < -0.4 is 10.1 Å². The first-order valence-corrected chi connectivity index (χ1v) is 6.11. The SMILES string of the molecule is COc1ncnc(NCC2CCCN2C)c1[N+](=O)[O-]. The molecule has 19 heavy (non-hydrogen) atoms. The van der Waals surface area contributed by atoms with Gasteiger partial charge in [-0.25, -0.2) is 4.98 Å². The normalized spacial score (nSPS) is 19.4. The maximum atomic E-state index is 11.1. The van der Waals surface area contributed by atoms with E-state index in [2.05, 4.69) is 20.2 Å². The molecule has 1 aliphatic rings. The van der Waals surface area contributed by atoms with Gasteiger partial charge in [0.05, 0.1) is 12.0 Å². The molecule has 1 fully saturated rings. The molecule has 1 aromatic heterocycles. The van der Waals surface area contributed by atoms with E-state index in [1.807, 2.05) is 7.05 Å². The van der Waals surface area contributed by atoms with Crippen LogP contribution in [0.1, 0.15) is 12.8 Å². The smallest absolute Gasteiger partial charge is 0.372 e. The van der Waals surface area contributed by atoms with Gasteiger partial charge in [-0.15, -0.1) is 0 Å². The molecule has 8 nitrogen and oxygen atoms in total. The van der Waals surface area contributed by atoms with E-state index in [1.54, 1.807) is 0 Å². The summed E-state index contributed by atoms with van der Waals surface area (Å²) in [6.07, 6.45) is 3.49. The molecular weight excluding hydrogens is 250 g/mol. The summed E-state index contributed by atoms with van der Waals surface area (Å²) in [6.45, 7) is 1.68. The summed E-state index contributed by atoms with van der Waals surface area (Å²) in [5.74, 6) is 0.180. The van der Waals surface area contributed by atoms with Crippen LogP contribution in [-0.4, -0.2) is 53.1 Å². The number of rotatable bonds is 5. The van der Waals surface area contributed by atoms with Gasteiger partial charge in [-0.1, -0.05) is 0 Å². The molecular formula is C11H17N5O3. The fourth-order valence-corrected chi connectivity index (χ4v) is 2.26. The highest BCUT2D eigenvalue weighted by molar-refractivity contribution is 5.61. The van der Waals surface area contributed by atoms with Gasteiger partial charge in [0.25, 0.3) is 5.88 Å². The highest BCUT2D eigenvalue weighted by atomic mass is 16.6. The van der Waals surface area contributed by atoms with Crippen molar-refractivity contribution in [2.45, 2.75) is 18.9 Å². The molecule has 104 valence electrons. The van der Waals surface area contributed by atoms with Crippen molar-refractivity contribution in [3.05, 3.63) is 16.4 Å². The number of ether oxygens (including phenoxy) is 1. The minimum atomic E-state index is -0.528. The lowest BCUT2D eigenvalue weighted by Gasteiger charge is -2.19. The van der Waals surface area contributed by atoms with Crippen LogP contribution in [0.25, 0.3) is 0 Å². The van der Waals surface area contributed by atoms with Crippen LogP contribution in [0.5, 0.6) is 5.88 Å². The summed E-state index contributed by atoms with van der Waals surface area (Å²) in [7, 11) is 3.40. The molecule has 1 aromatic rings. The van der Waals surface area contributed by atoms with Crippen LogP contribution in [0.15, 0.2) is 6.33 Å². The van der Waals surface area contributed by atoms with Gasteiger partial charge < -0.3 is 15.0 Å². The van der Waals surface area contributed by atoms with Crippen LogP contribution >= 0.6 is 0 Å². The lowest BCUT2D eigenvalue weighted by Crippen LogP contribution is -2.31. The molecule has 1 unspecified atom stereocenters. The first-order valence-electron chi connectivity index (χ1n) is 6.11. The van der Waals surface area contributed by atoms with E-state index in [4.69, 9.17) is 4.74 Å². The lowest BCUT2D eigenvalue weighted by atomic mass is 10.2. The number of anilines is 1. The molecule has 0 spiro atoms. The molecule has 0 amide bonds. The zero-order valence-electron chi connectivity index (χ0n) is 11.0. The Kier molecular flexibility index (Phi) is 4.10. The summed E-state index contributed by atoms with van der Waals surface area (Å²) in [6, 6.07) is 0.376. The fraction of sp³-hybridized carbons (Fsp3) is 0.636. The maximum absolute atomic E-state index is 11.1. The molecule has 0 aromatic carbocycles. The van der Waals surface area contributed by atoms with Crippen molar-refractivity contribution in [3.8, 4) is 5.88 Å². The topological polar surface area (TPSA) is 93.4 Å². The minimum Gasteiger partial charge on any atom is -0.476 e. The van der Waals surface area contributed by atoms with E-state index >= 15 is 0 Å². The number of aromatic nitrogens is 2. The van der Waals surface area contributed by atoms with Crippen LogP contribution in [0, 0.1) is 10.1 Å². The molecule has 8 heteroatoms. The Morgan fingerprint density at radius 1 is 1.63 bits per heavy atom. The Labute approximate surface area is 110 Å². The third-order valence-corrected chi connectivity index (χ3v) is 3.34. The number of likely N-dealkylation sites (tertiary alicyclic amines) is 1. The summed E-state index contributed by atoms with van der Waals surface area (Å²) in [5, 5.41) is 14.1. The second-order valence-electron chi connectivity index (χ2n) is 4.49. The number of likely N-dealkylation sites (N-methyl/N-ethyl adjacent to an activating group) is 1. The van der Waals surface area contributed by atoms with E-state index in [0.717, 1.165) is 19.4 Å². The van der Waals surface area contributed by atoms with Gasteiger partial charge in [0.2, 0.25) is 5.82 Å². The van der Waals surface area contributed by atoms with Gasteiger partial charge in [-0.05, 0) is 26.4 Å². The Hall–Kier alpha value is -1.96. The third kappa shape index (κ3) is 2.90. The molecule has 1 saturated heterocycles. The molecule has 1 aliphatic heterocycles. The van der Waals surface area contributed by atoms with Crippen molar-refractivity contribution < 1.29 is 9.66 Å². The molecule has 2 heterocycles. The van der Waals surface area contributed by atoms with E-state index in [0.29, 0.717) is 12.6 Å². The second-order valence-corrected chi connectivity index (χ2v) is 4.49. The Morgan fingerprint density at radius 3 is 3.00 bits per heavy atom. The zero-order valence-corrected chi connectivity index (χ0v) is 11.0. The second kappa shape index (κ2) is 5.79. The van der Waals surface area contributed by atoms with Crippen molar-refractivity contribution in [2.24, 2.45) is 0 Å². The molecule has 0 aliphatic carbocycles. The van der Waals surface area contributed by atoms with Gasteiger partial charge >= 0.3 is 5.69 Å². The molecule has 1 N–H and O–H groups in total. The monoisotopic (exact) mass is 267 g/mol. The lowest BCUT2D eigenvalue weighted by molar-refractivity contribution is -0.385. The molecule has 1 atom stereocenters. The first kappa shape index (κ1) is 13.5. The number of methoxy groups -OCH3 is 1. The van der Waals surface area contributed by atoms with Crippen LogP contribution in [0.3, 0.4) is 0 Å². The molecule has 0 bridgehead atoms. The quantitative estimate of drug-likeness (QED) is 0.625. The van der Waals surface area contributed by atoms with Crippen molar-refractivity contribution in [2.75, 3.05) is 32.6 Å². The van der Waals surface area contributed by atoms with E-state index in [9.17, 15) is 10.1 Å². The van der Waals surface area contributed by atoms with Gasteiger partial charge in [0.1, 0.15) is 6.33 Å². The Bertz CT molecular complexity index is 468. The van der Waals surface area contributed by atoms with Crippen molar-refractivity contribution >= 4 is 11.5 Å². The van der Waals surface area contributed by atoms with E-state index in [1.165, 1.54) is 13.4 Å². The number of nitrogens with one attached hydrogen (secondary N) is 1. The highest BCUT2D eigenvalue weighted by Gasteiger charge is 2.26. The predicted molar refractivity (Wildman–Crippen MR) is 69.4 cm³/mol. The highest BCUT2D eigenvalue weighted by Crippen LogP contribution is 2.30. The maximum Gasteiger partial charge on any atom is 0.372 e. The summed E-state index contributed by atoms with van der Waals surface area (Å²) < 4.78 is 4.90. The standard InChI is InChI=1S/C11H17N5O3/c1-15-5-3-4-8(15)6-12-10-9(16(17)18)11(19-2)14-7-13-10/h7-8H,3-6H2,1-2H3,(H,12,13,14). The number of nitro groups is 1. The summed E-state index contributed by atoms with van der Waals surface area (Å²) in [4.78, 5) is 20.4. The summed E-state index contributed by atoms with van der Waals surface area (Å²) >= 11 is 0.